The number of methoxy groups -OCH3 is 1. The third-order valence-electron chi connectivity index (χ3n) is 6.03. The normalized spacial score (nSPS) is 16.9. The molecular formula is C25H27N3O6. The molecule has 0 saturated carbocycles. The molecule has 0 unspecified atom stereocenters. The van der Waals surface area contributed by atoms with E-state index in [-0.39, 0.29) is 24.2 Å². The molecule has 5 rings (SSSR count). The van der Waals surface area contributed by atoms with E-state index < -0.39 is 0 Å². The standard InChI is InChI=1S/C25H27N3O6/c1-31-21-7-3-2-6-19(21)27-25(30)28(15-18-5-4-8-32-18)14-17-11-16-12-22-23(34-10-9-33-22)13-20(16)26-24(17)29/h2-3,6-7,11-13,18H,4-5,8-10,14-15H2,1H3,(H,26,29)(H,27,30)/t18-/m1/s1. The smallest absolute Gasteiger partial charge is 0.322 e. The predicted molar refractivity (Wildman–Crippen MR) is 127 cm³/mol. The highest BCUT2D eigenvalue weighted by Gasteiger charge is 2.25. The molecule has 2 aromatic carbocycles. The van der Waals surface area contributed by atoms with Crippen molar-refractivity contribution in [1.82, 2.24) is 9.88 Å². The molecule has 34 heavy (non-hydrogen) atoms. The van der Waals surface area contributed by atoms with Crippen molar-refractivity contribution < 1.29 is 23.7 Å². The first-order valence-electron chi connectivity index (χ1n) is 11.4. The van der Waals surface area contributed by atoms with Crippen molar-refractivity contribution >= 4 is 22.6 Å². The molecule has 178 valence electrons. The molecule has 2 N–H and O–H groups in total. The molecule has 9 heteroatoms. The number of urea groups is 1. The van der Waals surface area contributed by atoms with Crippen molar-refractivity contribution in [3.63, 3.8) is 0 Å². The summed E-state index contributed by atoms with van der Waals surface area (Å²) in [5.41, 5.74) is 1.43. The van der Waals surface area contributed by atoms with Crippen LogP contribution in [0.15, 0.2) is 47.3 Å². The molecule has 1 saturated heterocycles. The number of aromatic amines is 1. The molecule has 1 fully saturated rings. The zero-order chi connectivity index (χ0) is 23.5. The predicted octanol–water partition coefficient (Wildman–Crippen LogP) is 3.52. The van der Waals surface area contributed by atoms with Crippen LogP contribution in [0.25, 0.3) is 10.9 Å². The molecule has 0 radical (unpaired) electrons. The summed E-state index contributed by atoms with van der Waals surface area (Å²) in [6.07, 6.45) is 1.76. The highest BCUT2D eigenvalue weighted by molar-refractivity contribution is 5.91. The monoisotopic (exact) mass is 465 g/mol. The number of hydrogen-bond acceptors (Lipinski definition) is 6. The molecule has 0 bridgehead atoms. The van der Waals surface area contributed by atoms with Gasteiger partial charge in [-0.1, -0.05) is 12.1 Å². The largest absolute Gasteiger partial charge is 0.495 e. The van der Waals surface area contributed by atoms with Gasteiger partial charge in [-0.15, -0.1) is 0 Å². The van der Waals surface area contributed by atoms with E-state index in [9.17, 15) is 9.59 Å². The van der Waals surface area contributed by atoms with Crippen LogP contribution in [0, 0.1) is 0 Å². The molecule has 3 aromatic rings. The first-order chi connectivity index (χ1) is 16.6. The number of nitrogens with zero attached hydrogens (tertiary/aromatic N) is 1. The number of benzene rings is 2. The van der Waals surface area contributed by atoms with Crippen LogP contribution in [-0.2, 0) is 11.3 Å². The van der Waals surface area contributed by atoms with Gasteiger partial charge in [-0.3, -0.25) is 4.79 Å². The lowest BCUT2D eigenvalue weighted by atomic mass is 10.1. The number of aromatic nitrogens is 1. The van der Waals surface area contributed by atoms with Crippen LogP contribution in [-0.4, -0.2) is 55.5 Å². The second kappa shape index (κ2) is 9.64. The van der Waals surface area contributed by atoms with Gasteiger partial charge in [0.2, 0.25) is 0 Å². The minimum absolute atomic E-state index is 0.0690. The zero-order valence-electron chi connectivity index (χ0n) is 19.0. The molecule has 3 heterocycles. The Labute approximate surface area is 196 Å². The van der Waals surface area contributed by atoms with E-state index >= 15 is 0 Å². The maximum atomic E-state index is 13.3. The summed E-state index contributed by atoms with van der Waals surface area (Å²) < 4.78 is 22.4. The Hall–Kier alpha value is -3.72. The van der Waals surface area contributed by atoms with Crippen LogP contribution >= 0.6 is 0 Å². The van der Waals surface area contributed by atoms with Gasteiger partial charge in [-0.2, -0.15) is 0 Å². The van der Waals surface area contributed by atoms with Gasteiger partial charge in [0.15, 0.2) is 11.5 Å². The quantitative estimate of drug-likeness (QED) is 0.578. The Morgan fingerprint density at radius 3 is 2.71 bits per heavy atom. The summed E-state index contributed by atoms with van der Waals surface area (Å²) in [4.78, 5) is 30.7. The lowest BCUT2D eigenvalue weighted by Gasteiger charge is -2.26. The summed E-state index contributed by atoms with van der Waals surface area (Å²) in [5, 5.41) is 3.72. The zero-order valence-corrected chi connectivity index (χ0v) is 19.0. The summed E-state index contributed by atoms with van der Waals surface area (Å²) in [5.74, 6) is 1.81. The highest BCUT2D eigenvalue weighted by Crippen LogP contribution is 2.33. The lowest BCUT2D eigenvalue weighted by Crippen LogP contribution is -2.40. The minimum Gasteiger partial charge on any atom is -0.495 e. The summed E-state index contributed by atoms with van der Waals surface area (Å²) >= 11 is 0. The maximum Gasteiger partial charge on any atom is 0.322 e. The van der Waals surface area contributed by atoms with Gasteiger partial charge < -0.3 is 34.1 Å². The van der Waals surface area contributed by atoms with E-state index in [1.165, 1.54) is 0 Å². The van der Waals surface area contributed by atoms with E-state index in [2.05, 4.69) is 10.3 Å². The minimum atomic E-state index is -0.332. The van der Waals surface area contributed by atoms with Crippen molar-refractivity contribution in [3.8, 4) is 17.2 Å². The summed E-state index contributed by atoms with van der Waals surface area (Å²) in [6.45, 7) is 2.13. The van der Waals surface area contributed by atoms with Crippen LogP contribution in [0.3, 0.4) is 0 Å². The molecule has 0 spiro atoms. The fourth-order valence-electron chi connectivity index (χ4n) is 4.31. The third kappa shape index (κ3) is 4.65. The molecule has 1 atom stereocenters. The van der Waals surface area contributed by atoms with Gasteiger partial charge in [0.1, 0.15) is 19.0 Å². The lowest BCUT2D eigenvalue weighted by molar-refractivity contribution is 0.0818. The molecule has 2 aliphatic heterocycles. The number of pyridine rings is 1. The SMILES string of the molecule is COc1ccccc1NC(=O)N(Cc1cc2cc3c(cc2[nH]c1=O)OCCO3)C[C@H]1CCCO1. The second-order valence-corrected chi connectivity index (χ2v) is 8.35. The van der Waals surface area contributed by atoms with Crippen LogP contribution in [0.2, 0.25) is 0 Å². The molecular weight excluding hydrogens is 438 g/mol. The van der Waals surface area contributed by atoms with Gasteiger partial charge >= 0.3 is 6.03 Å². The van der Waals surface area contributed by atoms with Crippen molar-refractivity contribution in [2.45, 2.75) is 25.5 Å². The van der Waals surface area contributed by atoms with Crippen LogP contribution in [0.5, 0.6) is 17.2 Å². The molecule has 2 aliphatic rings. The second-order valence-electron chi connectivity index (χ2n) is 8.35. The van der Waals surface area contributed by atoms with Crippen molar-refractivity contribution in [1.29, 1.82) is 0 Å². The average molecular weight is 466 g/mol. The van der Waals surface area contributed by atoms with Crippen LogP contribution in [0.1, 0.15) is 18.4 Å². The van der Waals surface area contributed by atoms with Gasteiger partial charge in [0.25, 0.3) is 5.56 Å². The molecule has 0 aliphatic carbocycles. The number of amides is 2. The van der Waals surface area contributed by atoms with Gasteiger partial charge in [0, 0.05) is 30.2 Å². The number of para-hydroxylation sites is 2. The number of anilines is 1. The first kappa shape index (κ1) is 22.1. The number of H-pyrrole nitrogens is 1. The fraction of sp³-hybridized carbons (Fsp3) is 0.360. The van der Waals surface area contributed by atoms with Gasteiger partial charge in [-0.25, -0.2) is 4.79 Å². The number of rotatable bonds is 6. The highest BCUT2D eigenvalue weighted by atomic mass is 16.6. The summed E-state index contributed by atoms with van der Waals surface area (Å²) in [7, 11) is 1.55. The number of carbonyl (C=O) groups is 1. The Bertz CT molecular complexity index is 1250. The van der Waals surface area contributed by atoms with Crippen molar-refractivity contribution in [3.05, 3.63) is 58.4 Å². The van der Waals surface area contributed by atoms with E-state index in [1.54, 1.807) is 36.3 Å². The number of carbonyl (C=O) groups excluding carboxylic acids is 1. The topological polar surface area (TPSA) is 102 Å². The molecule has 1 aromatic heterocycles. The Morgan fingerprint density at radius 2 is 1.94 bits per heavy atom. The van der Waals surface area contributed by atoms with Gasteiger partial charge in [-0.05, 0) is 37.1 Å². The Balaban J connectivity index is 1.43. The molecule has 9 nitrogen and oxygen atoms in total. The van der Waals surface area contributed by atoms with Crippen LogP contribution < -0.4 is 25.1 Å². The number of nitrogens with one attached hydrogen (secondary N) is 2. The fourth-order valence-corrected chi connectivity index (χ4v) is 4.31. The van der Waals surface area contributed by atoms with Crippen molar-refractivity contribution in [2.75, 3.05) is 38.8 Å². The first-order valence-corrected chi connectivity index (χ1v) is 11.4. The Morgan fingerprint density at radius 1 is 1.15 bits per heavy atom. The summed E-state index contributed by atoms with van der Waals surface area (Å²) in [6, 6.07) is 12.3. The van der Waals surface area contributed by atoms with E-state index in [4.69, 9.17) is 18.9 Å². The average Bonchev–Trinajstić information content (AvgIpc) is 3.36. The molecule has 2 amide bonds. The number of hydrogen-bond donors (Lipinski definition) is 2. The van der Waals surface area contributed by atoms with E-state index in [0.29, 0.717) is 60.4 Å². The van der Waals surface area contributed by atoms with Gasteiger partial charge in [0.05, 0.1) is 31.0 Å². The number of fused-ring (bicyclic) bond motifs is 2. The third-order valence-corrected chi connectivity index (χ3v) is 6.03. The van der Waals surface area contributed by atoms with Crippen LogP contribution in [0.4, 0.5) is 10.5 Å². The Kier molecular flexibility index (Phi) is 6.27. The van der Waals surface area contributed by atoms with Crippen molar-refractivity contribution in [2.24, 2.45) is 0 Å². The van der Waals surface area contributed by atoms with E-state index in [0.717, 1.165) is 18.2 Å². The number of ether oxygens (including phenoxy) is 4. The van der Waals surface area contributed by atoms with E-state index in [1.807, 2.05) is 18.2 Å². The maximum absolute atomic E-state index is 13.3.